The number of amides is 2. The second-order valence-corrected chi connectivity index (χ2v) is 7.38. The van der Waals surface area contributed by atoms with Crippen LogP contribution < -0.4 is 10.6 Å². The van der Waals surface area contributed by atoms with Crippen LogP contribution in [-0.4, -0.2) is 60.6 Å². The van der Waals surface area contributed by atoms with Gasteiger partial charge in [-0.15, -0.1) is 0 Å². The minimum Gasteiger partial charge on any atom is -0.396 e. The van der Waals surface area contributed by atoms with Gasteiger partial charge in [-0.3, -0.25) is 14.5 Å². The Labute approximate surface area is 149 Å². The zero-order valence-electron chi connectivity index (χ0n) is 15.1. The Morgan fingerprint density at radius 1 is 1.36 bits per heavy atom. The van der Waals surface area contributed by atoms with Crippen molar-refractivity contribution in [1.82, 2.24) is 15.5 Å². The summed E-state index contributed by atoms with van der Waals surface area (Å²) < 4.78 is 0. The normalized spacial score (nSPS) is 18.7. The number of aliphatic hydroxyl groups excluding tert-OH is 1. The molecular weight excluding hydrogens is 318 g/mol. The molecule has 3 N–H and O–H groups in total. The Bertz CT molecular complexity index is 575. The smallest absolute Gasteiger partial charge is 0.237 e. The Morgan fingerprint density at radius 2 is 2.08 bits per heavy atom. The van der Waals surface area contributed by atoms with E-state index in [-0.39, 0.29) is 30.3 Å². The molecule has 0 aromatic heterocycles. The molecule has 2 amide bonds. The van der Waals surface area contributed by atoms with E-state index < -0.39 is 6.04 Å². The molecule has 1 aliphatic rings. The molecule has 1 heterocycles. The maximum Gasteiger partial charge on any atom is 0.237 e. The lowest BCUT2D eigenvalue weighted by Crippen LogP contribution is -2.57. The number of hydrogen-bond acceptors (Lipinski definition) is 4. The van der Waals surface area contributed by atoms with Gasteiger partial charge in [0.05, 0.1) is 12.5 Å². The van der Waals surface area contributed by atoms with E-state index >= 15 is 0 Å². The third-order valence-corrected chi connectivity index (χ3v) is 4.54. The van der Waals surface area contributed by atoms with Crippen molar-refractivity contribution in [2.45, 2.75) is 32.7 Å². The number of rotatable bonds is 8. The molecule has 1 fully saturated rings. The third-order valence-electron chi connectivity index (χ3n) is 4.54. The maximum atomic E-state index is 12.2. The van der Waals surface area contributed by atoms with Crippen LogP contribution in [0.5, 0.6) is 0 Å². The molecule has 1 atom stereocenters. The number of carbonyl (C=O) groups is 2. The second-order valence-electron chi connectivity index (χ2n) is 7.38. The van der Waals surface area contributed by atoms with Crippen LogP contribution in [0.15, 0.2) is 30.3 Å². The van der Waals surface area contributed by atoms with E-state index in [1.807, 2.05) is 32.0 Å². The van der Waals surface area contributed by atoms with Crippen molar-refractivity contribution in [3.8, 4) is 0 Å². The molecule has 1 aromatic carbocycles. The first kappa shape index (κ1) is 19.4. The number of hydrogen-bond donors (Lipinski definition) is 3. The average Bonchev–Trinajstić information content (AvgIpc) is 2.61. The van der Waals surface area contributed by atoms with Crippen molar-refractivity contribution in [3.05, 3.63) is 35.9 Å². The van der Waals surface area contributed by atoms with Crippen LogP contribution in [0.1, 0.15) is 25.8 Å². The fraction of sp³-hybridized carbons (Fsp3) is 0.579. The highest BCUT2D eigenvalue weighted by Crippen LogP contribution is 2.13. The van der Waals surface area contributed by atoms with Gasteiger partial charge < -0.3 is 15.7 Å². The summed E-state index contributed by atoms with van der Waals surface area (Å²) in [7, 11) is 0. The van der Waals surface area contributed by atoms with Crippen molar-refractivity contribution in [1.29, 1.82) is 0 Å². The van der Waals surface area contributed by atoms with Crippen molar-refractivity contribution >= 4 is 11.8 Å². The summed E-state index contributed by atoms with van der Waals surface area (Å²) in [6, 6.07) is 9.71. The van der Waals surface area contributed by atoms with E-state index in [2.05, 4.69) is 27.7 Å². The standard InChI is InChI=1S/C19H29N3O3/c1-19(2,14-23)13-21-17(24)12-16-18(25)20-9-11-22(16)10-8-15-6-4-3-5-7-15/h3-7,16,23H,8-14H2,1-2H3,(H,20,25)(H,21,24)/t16-/m1/s1. The molecular formula is C19H29N3O3. The summed E-state index contributed by atoms with van der Waals surface area (Å²) in [5.74, 6) is -0.246. The van der Waals surface area contributed by atoms with E-state index in [0.717, 1.165) is 19.5 Å². The van der Waals surface area contributed by atoms with Gasteiger partial charge in [-0.1, -0.05) is 44.2 Å². The molecule has 6 heteroatoms. The first-order chi connectivity index (χ1) is 11.9. The lowest BCUT2D eigenvalue weighted by molar-refractivity contribution is -0.134. The van der Waals surface area contributed by atoms with Gasteiger partial charge in [-0.25, -0.2) is 0 Å². The number of aliphatic hydroxyl groups is 1. The monoisotopic (exact) mass is 347 g/mol. The summed E-state index contributed by atoms with van der Waals surface area (Å²) in [6.45, 7) is 6.26. The summed E-state index contributed by atoms with van der Waals surface area (Å²) in [6.07, 6.45) is 0.992. The molecule has 0 spiro atoms. The molecule has 0 bridgehead atoms. The summed E-state index contributed by atoms with van der Waals surface area (Å²) >= 11 is 0. The summed E-state index contributed by atoms with van der Waals surface area (Å²) in [5.41, 5.74) is 0.860. The first-order valence-corrected chi connectivity index (χ1v) is 8.84. The minimum atomic E-state index is -0.435. The number of carbonyl (C=O) groups excluding carboxylic acids is 2. The topological polar surface area (TPSA) is 81.7 Å². The highest BCUT2D eigenvalue weighted by atomic mass is 16.3. The minimum absolute atomic E-state index is 0.000392. The number of nitrogens with one attached hydrogen (secondary N) is 2. The number of nitrogens with zero attached hydrogens (tertiary/aromatic N) is 1. The van der Waals surface area contributed by atoms with E-state index in [1.54, 1.807) is 0 Å². The molecule has 0 aliphatic carbocycles. The Kier molecular flexibility index (Phi) is 6.96. The lowest BCUT2D eigenvalue weighted by atomic mass is 9.95. The lowest BCUT2D eigenvalue weighted by Gasteiger charge is -2.35. The van der Waals surface area contributed by atoms with Crippen molar-refractivity contribution < 1.29 is 14.7 Å². The van der Waals surface area contributed by atoms with Gasteiger partial charge in [-0.05, 0) is 12.0 Å². The summed E-state index contributed by atoms with van der Waals surface area (Å²) in [5, 5.41) is 14.9. The molecule has 0 radical (unpaired) electrons. The van der Waals surface area contributed by atoms with Gasteiger partial charge >= 0.3 is 0 Å². The third kappa shape index (κ3) is 6.14. The molecule has 0 saturated carbocycles. The molecule has 2 rings (SSSR count). The van der Waals surface area contributed by atoms with Crippen LogP contribution in [0, 0.1) is 5.41 Å². The first-order valence-electron chi connectivity index (χ1n) is 8.84. The molecule has 1 aromatic rings. The quantitative estimate of drug-likeness (QED) is 0.642. The van der Waals surface area contributed by atoms with E-state index in [1.165, 1.54) is 5.56 Å². The number of piperazine rings is 1. The summed E-state index contributed by atoms with van der Waals surface area (Å²) in [4.78, 5) is 26.6. The number of benzene rings is 1. The van der Waals surface area contributed by atoms with Gasteiger partial charge in [-0.2, -0.15) is 0 Å². The van der Waals surface area contributed by atoms with Gasteiger partial charge in [0.15, 0.2) is 0 Å². The highest BCUT2D eigenvalue weighted by Gasteiger charge is 2.31. The van der Waals surface area contributed by atoms with Crippen LogP contribution in [0.2, 0.25) is 0 Å². The fourth-order valence-electron chi connectivity index (χ4n) is 2.81. The van der Waals surface area contributed by atoms with Gasteiger partial charge in [0.1, 0.15) is 0 Å². The SMILES string of the molecule is CC(C)(CO)CNC(=O)C[C@@H]1C(=O)NCCN1CCc1ccccc1. The predicted molar refractivity (Wildman–Crippen MR) is 97.0 cm³/mol. The fourth-order valence-corrected chi connectivity index (χ4v) is 2.81. The molecule has 1 saturated heterocycles. The van der Waals surface area contributed by atoms with Crippen molar-refractivity contribution in [3.63, 3.8) is 0 Å². The molecule has 6 nitrogen and oxygen atoms in total. The van der Waals surface area contributed by atoms with E-state index in [9.17, 15) is 14.7 Å². The van der Waals surface area contributed by atoms with Gasteiger partial charge in [0, 0.05) is 38.2 Å². The van der Waals surface area contributed by atoms with Gasteiger partial charge in [0.25, 0.3) is 0 Å². The maximum absolute atomic E-state index is 12.2. The largest absolute Gasteiger partial charge is 0.396 e. The zero-order chi connectivity index (χ0) is 18.3. The van der Waals surface area contributed by atoms with Crippen LogP contribution in [0.25, 0.3) is 0 Å². The zero-order valence-corrected chi connectivity index (χ0v) is 15.1. The predicted octanol–water partition coefficient (Wildman–Crippen LogP) is 0.554. The molecule has 0 unspecified atom stereocenters. The van der Waals surface area contributed by atoms with E-state index in [0.29, 0.717) is 13.1 Å². The Morgan fingerprint density at radius 3 is 2.76 bits per heavy atom. The average molecular weight is 347 g/mol. The second kappa shape index (κ2) is 8.97. The van der Waals surface area contributed by atoms with E-state index in [4.69, 9.17) is 0 Å². The Balaban J connectivity index is 1.90. The van der Waals surface area contributed by atoms with Crippen LogP contribution in [-0.2, 0) is 16.0 Å². The molecule has 25 heavy (non-hydrogen) atoms. The van der Waals surface area contributed by atoms with Crippen molar-refractivity contribution in [2.24, 2.45) is 5.41 Å². The van der Waals surface area contributed by atoms with Crippen LogP contribution in [0.3, 0.4) is 0 Å². The van der Waals surface area contributed by atoms with Gasteiger partial charge in [0.2, 0.25) is 11.8 Å². The van der Waals surface area contributed by atoms with Crippen molar-refractivity contribution in [2.75, 3.05) is 32.8 Å². The molecule has 138 valence electrons. The van der Waals surface area contributed by atoms with Crippen LogP contribution in [0.4, 0.5) is 0 Å². The Hall–Kier alpha value is -1.92. The highest BCUT2D eigenvalue weighted by molar-refractivity contribution is 5.88. The molecule has 1 aliphatic heterocycles. The van der Waals surface area contributed by atoms with Crippen LogP contribution >= 0.6 is 0 Å².